The number of thioether (sulfide) groups is 1. The molecule has 2 aliphatic rings. The molecule has 2 rings (SSSR count). The van der Waals surface area contributed by atoms with Gasteiger partial charge in [-0.1, -0.05) is 6.42 Å². The van der Waals surface area contributed by atoms with E-state index in [2.05, 4.69) is 16.3 Å². The second kappa shape index (κ2) is 5.88. The van der Waals surface area contributed by atoms with Crippen molar-refractivity contribution in [2.24, 2.45) is 0 Å². The lowest BCUT2D eigenvalue weighted by molar-refractivity contribution is 0.351. The van der Waals surface area contributed by atoms with Gasteiger partial charge in [-0.2, -0.15) is 29.2 Å². The first kappa shape index (κ1) is 13.6. The normalized spacial score (nSPS) is 31.8. The van der Waals surface area contributed by atoms with Crippen molar-refractivity contribution >= 4 is 22.0 Å². The van der Waals surface area contributed by atoms with E-state index in [1.807, 2.05) is 0 Å². The molecule has 0 amide bonds. The maximum Gasteiger partial charge on any atom is 0.279 e. The van der Waals surface area contributed by atoms with Gasteiger partial charge in [-0.25, -0.2) is 0 Å². The van der Waals surface area contributed by atoms with Crippen molar-refractivity contribution in [3.8, 4) is 0 Å². The predicted molar refractivity (Wildman–Crippen MR) is 71.4 cm³/mol. The molecule has 7 heteroatoms. The molecule has 2 N–H and O–H groups in total. The van der Waals surface area contributed by atoms with E-state index in [-0.39, 0.29) is 6.04 Å². The van der Waals surface area contributed by atoms with Gasteiger partial charge in [-0.15, -0.1) is 0 Å². The predicted octanol–water partition coefficient (Wildman–Crippen LogP) is 0.0101. The number of piperazine rings is 1. The molecule has 100 valence electrons. The molecule has 0 spiro atoms. The van der Waals surface area contributed by atoms with E-state index >= 15 is 0 Å². The summed E-state index contributed by atoms with van der Waals surface area (Å²) >= 11 is 1.77. The maximum absolute atomic E-state index is 12.2. The Balaban J connectivity index is 1.96. The molecule has 2 atom stereocenters. The lowest BCUT2D eigenvalue weighted by Crippen LogP contribution is -2.53. The Morgan fingerprint density at radius 1 is 1.29 bits per heavy atom. The van der Waals surface area contributed by atoms with Crippen molar-refractivity contribution in [1.29, 1.82) is 0 Å². The molecule has 0 bridgehead atoms. The third-order valence-corrected chi connectivity index (χ3v) is 6.29. The van der Waals surface area contributed by atoms with Gasteiger partial charge in [-0.05, 0) is 19.1 Å². The summed E-state index contributed by atoms with van der Waals surface area (Å²) < 4.78 is 28.8. The average Bonchev–Trinajstić information content (AvgIpc) is 2.77. The van der Waals surface area contributed by atoms with E-state index in [0.29, 0.717) is 18.3 Å². The number of rotatable bonds is 4. The lowest BCUT2D eigenvalue weighted by Gasteiger charge is -2.29. The van der Waals surface area contributed by atoms with Crippen LogP contribution in [0, 0.1) is 0 Å². The number of hydrogen-bond acceptors (Lipinski definition) is 4. The monoisotopic (exact) mass is 279 g/mol. The standard InChI is InChI=1S/C10H21N3O2S2/c1-16-10-4-2-3-9(10)12-17(14,15)13-7-5-11-6-8-13/h9-12H,2-8H2,1H3. The third kappa shape index (κ3) is 3.35. The topological polar surface area (TPSA) is 61.4 Å². The van der Waals surface area contributed by atoms with Gasteiger partial charge in [0.25, 0.3) is 10.2 Å². The molecule has 2 fully saturated rings. The summed E-state index contributed by atoms with van der Waals surface area (Å²) in [7, 11) is -3.28. The van der Waals surface area contributed by atoms with E-state index < -0.39 is 10.2 Å². The van der Waals surface area contributed by atoms with Crippen LogP contribution in [0.15, 0.2) is 0 Å². The van der Waals surface area contributed by atoms with Crippen LogP contribution in [0.1, 0.15) is 19.3 Å². The van der Waals surface area contributed by atoms with Gasteiger partial charge in [0.05, 0.1) is 0 Å². The summed E-state index contributed by atoms with van der Waals surface area (Å²) in [6.45, 7) is 2.65. The van der Waals surface area contributed by atoms with E-state index in [4.69, 9.17) is 0 Å². The molecule has 0 aromatic heterocycles. The van der Waals surface area contributed by atoms with Gasteiger partial charge in [-0.3, -0.25) is 0 Å². The first-order chi connectivity index (χ1) is 8.13. The highest BCUT2D eigenvalue weighted by Crippen LogP contribution is 2.29. The Bertz CT molecular complexity index is 341. The highest BCUT2D eigenvalue weighted by molar-refractivity contribution is 7.99. The third-order valence-electron chi connectivity index (χ3n) is 3.47. The summed E-state index contributed by atoms with van der Waals surface area (Å²) in [6.07, 6.45) is 5.27. The molecule has 1 saturated heterocycles. The highest BCUT2D eigenvalue weighted by Gasteiger charge is 2.33. The Hall–Kier alpha value is 0.180. The molecular formula is C10H21N3O2S2. The molecule has 0 radical (unpaired) electrons. The summed E-state index contributed by atoms with van der Waals surface area (Å²) in [5.41, 5.74) is 0. The zero-order chi connectivity index (χ0) is 12.3. The van der Waals surface area contributed by atoms with Crippen LogP contribution in [0.5, 0.6) is 0 Å². The van der Waals surface area contributed by atoms with Crippen LogP contribution in [-0.2, 0) is 10.2 Å². The molecule has 1 heterocycles. The van der Waals surface area contributed by atoms with Crippen LogP contribution in [0.4, 0.5) is 0 Å². The van der Waals surface area contributed by atoms with E-state index in [9.17, 15) is 8.42 Å². The van der Waals surface area contributed by atoms with Crippen molar-refractivity contribution in [2.45, 2.75) is 30.6 Å². The average molecular weight is 279 g/mol. The molecule has 1 aliphatic heterocycles. The fourth-order valence-electron chi connectivity index (χ4n) is 2.49. The van der Waals surface area contributed by atoms with Crippen LogP contribution in [0.3, 0.4) is 0 Å². The van der Waals surface area contributed by atoms with Crippen LogP contribution < -0.4 is 10.0 Å². The Kier molecular flexibility index (Phi) is 4.71. The van der Waals surface area contributed by atoms with Crippen molar-refractivity contribution in [2.75, 3.05) is 32.4 Å². The summed E-state index contributed by atoms with van der Waals surface area (Å²) in [4.78, 5) is 0. The van der Waals surface area contributed by atoms with E-state index in [1.54, 1.807) is 16.1 Å². The summed E-state index contributed by atoms with van der Waals surface area (Å²) in [6, 6.07) is 0.116. The van der Waals surface area contributed by atoms with Gasteiger partial charge in [0.1, 0.15) is 0 Å². The minimum Gasteiger partial charge on any atom is -0.314 e. The quantitative estimate of drug-likeness (QED) is 0.761. The van der Waals surface area contributed by atoms with Gasteiger partial charge in [0.15, 0.2) is 0 Å². The van der Waals surface area contributed by atoms with E-state index in [0.717, 1.165) is 32.4 Å². The maximum atomic E-state index is 12.2. The Morgan fingerprint density at radius 3 is 2.65 bits per heavy atom. The van der Waals surface area contributed by atoms with Crippen LogP contribution >= 0.6 is 11.8 Å². The molecular weight excluding hydrogens is 258 g/mol. The number of nitrogens with zero attached hydrogens (tertiary/aromatic N) is 1. The van der Waals surface area contributed by atoms with Crippen molar-refractivity contribution in [1.82, 2.24) is 14.3 Å². The second-order valence-corrected chi connectivity index (χ2v) is 7.36. The van der Waals surface area contributed by atoms with Crippen molar-refractivity contribution in [3.05, 3.63) is 0 Å². The number of hydrogen-bond donors (Lipinski definition) is 2. The zero-order valence-corrected chi connectivity index (χ0v) is 11.8. The van der Waals surface area contributed by atoms with Crippen molar-refractivity contribution < 1.29 is 8.42 Å². The molecule has 0 aromatic rings. The zero-order valence-electron chi connectivity index (χ0n) is 10.2. The van der Waals surface area contributed by atoms with E-state index in [1.165, 1.54) is 0 Å². The first-order valence-corrected chi connectivity index (χ1v) is 8.87. The summed E-state index contributed by atoms with van der Waals surface area (Å²) in [5.74, 6) is 0. The second-order valence-electron chi connectivity index (χ2n) is 4.58. The molecule has 1 aliphatic carbocycles. The Labute approximate surface area is 108 Å². The van der Waals surface area contributed by atoms with Crippen molar-refractivity contribution in [3.63, 3.8) is 0 Å². The lowest BCUT2D eigenvalue weighted by atomic mass is 10.3. The van der Waals surface area contributed by atoms with Gasteiger partial charge >= 0.3 is 0 Å². The SMILES string of the molecule is CSC1CCCC1NS(=O)(=O)N1CCNCC1. The van der Waals surface area contributed by atoms with Gasteiger partial charge < -0.3 is 5.32 Å². The molecule has 0 aromatic carbocycles. The van der Waals surface area contributed by atoms with Crippen LogP contribution in [0.2, 0.25) is 0 Å². The molecule has 2 unspecified atom stereocenters. The summed E-state index contributed by atoms with van der Waals surface area (Å²) in [5, 5.41) is 3.60. The first-order valence-electron chi connectivity index (χ1n) is 6.14. The fourth-order valence-corrected chi connectivity index (χ4v) is 4.99. The number of nitrogens with one attached hydrogen (secondary N) is 2. The molecule has 5 nitrogen and oxygen atoms in total. The molecule has 1 saturated carbocycles. The van der Waals surface area contributed by atoms with Gasteiger partial charge in [0.2, 0.25) is 0 Å². The van der Waals surface area contributed by atoms with Crippen LogP contribution in [-0.4, -0.2) is 56.4 Å². The molecule has 17 heavy (non-hydrogen) atoms. The highest BCUT2D eigenvalue weighted by atomic mass is 32.2. The minimum atomic E-state index is -3.28. The minimum absolute atomic E-state index is 0.116. The van der Waals surface area contributed by atoms with Gasteiger partial charge in [0, 0.05) is 37.5 Å². The fraction of sp³-hybridized carbons (Fsp3) is 1.00. The van der Waals surface area contributed by atoms with Crippen LogP contribution in [0.25, 0.3) is 0 Å². The Morgan fingerprint density at radius 2 is 2.00 bits per heavy atom. The smallest absolute Gasteiger partial charge is 0.279 e. The largest absolute Gasteiger partial charge is 0.314 e.